The third kappa shape index (κ3) is 2.51. The second kappa shape index (κ2) is 5.83. The lowest BCUT2D eigenvalue weighted by molar-refractivity contribution is -0.116. The minimum Gasteiger partial charge on any atom is -0.325 e. The third-order valence-corrected chi connectivity index (χ3v) is 4.34. The quantitative estimate of drug-likeness (QED) is 0.731. The van der Waals surface area contributed by atoms with Crippen molar-refractivity contribution in [3.8, 4) is 6.07 Å². The molecule has 0 saturated heterocycles. The number of hydrogen-bond donors (Lipinski definition) is 1. The molecule has 1 aliphatic heterocycles. The average molecular weight is 353 g/mol. The van der Waals surface area contributed by atoms with Crippen LogP contribution in [0.1, 0.15) is 36.1 Å². The molecule has 3 heterocycles. The van der Waals surface area contributed by atoms with Crippen LogP contribution in [0.15, 0.2) is 24.4 Å². The number of aryl methyl sites for hydroxylation is 1. The van der Waals surface area contributed by atoms with E-state index >= 15 is 0 Å². The van der Waals surface area contributed by atoms with E-state index in [4.69, 9.17) is 16.9 Å². The minimum atomic E-state index is -0.648. The fourth-order valence-corrected chi connectivity index (χ4v) is 3.28. The van der Waals surface area contributed by atoms with Crippen LogP contribution >= 0.6 is 11.6 Å². The van der Waals surface area contributed by atoms with E-state index in [9.17, 15) is 4.79 Å². The third-order valence-electron chi connectivity index (χ3n) is 4.17. The number of hydrogen-bond acceptors (Lipinski definition) is 5. The SMILES string of the molecule is CCCn1cc2c(C3C(=O)Nc4ccc(C#N)cc43)nc(Cl)nc2n1. The number of fused-ring (bicyclic) bond motifs is 2. The molecule has 124 valence electrons. The van der Waals surface area contributed by atoms with E-state index in [0.717, 1.165) is 13.0 Å². The topological polar surface area (TPSA) is 96.5 Å². The monoisotopic (exact) mass is 352 g/mol. The Hall–Kier alpha value is -2.98. The maximum Gasteiger partial charge on any atom is 0.238 e. The van der Waals surface area contributed by atoms with Crippen LogP contribution in [0.5, 0.6) is 0 Å². The number of rotatable bonds is 3. The summed E-state index contributed by atoms with van der Waals surface area (Å²) in [6.45, 7) is 2.79. The van der Waals surface area contributed by atoms with Crippen molar-refractivity contribution < 1.29 is 4.79 Å². The van der Waals surface area contributed by atoms with Crippen LogP contribution in [0.3, 0.4) is 0 Å². The van der Waals surface area contributed by atoms with Crippen molar-refractivity contribution >= 4 is 34.2 Å². The van der Waals surface area contributed by atoms with Gasteiger partial charge in [-0.05, 0) is 41.8 Å². The zero-order chi connectivity index (χ0) is 17.6. The van der Waals surface area contributed by atoms with Crippen molar-refractivity contribution in [1.82, 2.24) is 19.7 Å². The van der Waals surface area contributed by atoms with Crippen molar-refractivity contribution in [3.05, 3.63) is 46.5 Å². The van der Waals surface area contributed by atoms with E-state index in [0.29, 0.717) is 33.5 Å². The highest BCUT2D eigenvalue weighted by molar-refractivity contribution is 6.28. The summed E-state index contributed by atoms with van der Waals surface area (Å²) < 4.78 is 1.78. The van der Waals surface area contributed by atoms with Gasteiger partial charge in [0.2, 0.25) is 11.2 Å². The predicted molar refractivity (Wildman–Crippen MR) is 92.3 cm³/mol. The first-order valence-electron chi connectivity index (χ1n) is 7.86. The predicted octanol–water partition coefficient (Wildman–Crippen LogP) is 2.85. The smallest absolute Gasteiger partial charge is 0.238 e. The van der Waals surface area contributed by atoms with Gasteiger partial charge < -0.3 is 5.32 Å². The summed E-state index contributed by atoms with van der Waals surface area (Å²) in [4.78, 5) is 21.1. The minimum absolute atomic E-state index is 0.0435. The number of carbonyl (C=O) groups is 1. The van der Waals surface area contributed by atoms with E-state index in [1.807, 2.05) is 6.20 Å². The van der Waals surface area contributed by atoms with Crippen molar-refractivity contribution in [2.45, 2.75) is 25.8 Å². The molecular formula is C17H13ClN6O. The van der Waals surface area contributed by atoms with Gasteiger partial charge in [-0.15, -0.1) is 0 Å². The molecule has 0 fully saturated rings. The molecule has 0 bridgehead atoms. The lowest BCUT2D eigenvalue weighted by Gasteiger charge is -2.09. The van der Waals surface area contributed by atoms with Gasteiger partial charge in [-0.3, -0.25) is 9.48 Å². The Kier molecular flexibility index (Phi) is 3.62. The van der Waals surface area contributed by atoms with Crippen molar-refractivity contribution in [2.24, 2.45) is 0 Å². The van der Waals surface area contributed by atoms with Crippen LogP contribution in [-0.2, 0) is 11.3 Å². The van der Waals surface area contributed by atoms with Gasteiger partial charge in [0.15, 0.2) is 5.65 Å². The van der Waals surface area contributed by atoms with Gasteiger partial charge >= 0.3 is 0 Å². The Morgan fingerprint density at radius 1 is 1.40 bits per heavy atom. The molecule has 1 unspecified atom stereocenters. The number of nitrogens with one attached hydrogen (secondary N) is 1. The first-order valence-corrected chi connectivity index (χ1v) is 8.24. The van der Waals surface area contributed by atoms with Gasteiger partial charge in [-0.2, -0.15) is 15.3 Å². The standard InChI is InChI=1S/C17H13ClN6O/c1-2-5-24-8-11-14(21-17(18)22-15(11)23-24)13-10-6-9(7-19)3-4-12(10)20-16(13)25/h3-4,6,8,13H,2,5H2,1H3,(H,20,25). The number of halogens is 1. The van der Waals surface area contributed by atoms with Crippen molar-refractivity contribution in [3.63, 3.8) is 0 Å². The molecule has 2 aromatic heterocycles. The second-order valence-corrected chi connectivity index (χ2v) is 6.18. The number of carbonyl (C=O) groups excluding carboxylic acids is 1. The first kappa shape index (κ1) is 15.5. The highest BCUT2D eigenvalue weighted by Gasteiger charge is 2.35. The number of benzene rings is 1. The zero-order valence-electron chi connectivity index (χ0n) is 13.3. The summed E-state index contributed by atoms with van der Waals surface area (Å²) in [5.74, 6) is -0.852. The molecule has 25 heavy (non-hydrogen) atoms. The number of nitrogens with zero attached hydrogens (tertiary/aromatic N) is 5. The van der Waals surface area contributed by atoms with E-state index in [1.54, 1.807) is 22.9 Å². The highest BCUT2D eigenvalue weighted by atomic mass is 35.5. The van der Waals surface area contributed by atoms with Crippen LogP contribution in [-0.4, -0.2) is 25.7 Å². The van der Waals surface area contributed by atoms with Crippen LogP contribution in [0.25, 0.3) is 11.0 Å². The summed E-state index contributed by atoms with van der Waals surface area (Å²) in [7, 11) is 0. The largest absolute Gasteiger partial charge is 0.325 e. The number of nitriles is 1. The number of amides is 1. The fraction of sp³-hybridized carbons (Fsp3) is 0.235. The van der Waals surface area contributed by atoms with Gasteiger partial charge in [0.1, 0.15) is 5.92 Å². The van der Waals surface area contributed by atoms with E-state index in [1.165, 1.54) is 0 Å². The van der Waals surface area contributed by atoms with E-state index in [-0.39, 0.29) is 11.2 Å². The molecule has 8 heteroatoms. The molecule has 1 aliphatic rings. The molecule has 3 aromatic rings. The Bertz CT molecular complexity index is 1050. The van der Waals surface area contributed by atoms with Gasteiger partial charge in [0, 0.05) is 18.4 Å². The molecule has 1 N–H and O–H groups in total. The summed E-state index contributed by atoms with van der Waals surface area (Å²) in [6, 6.07) is 7.20. The van der Waals surface area contributed by atoms with Gasteiger partial charge in [0.05, 0.1) is 22.7 Å². The molecule has 4 rings (SSSR count). The lowest BCUT2D eigenvalue weighted by Crippen LogP contribution is -2.15. The fourth-order valence-electron chi connectivity index (χ4n) is 3.11. The van der Waals surface area contributed by atoms with Crippen molar-refractivity contribution in [1.29, 1.82) is 5.26 Å². The Morgan fingerprint density at radius 2 is 2.24 bits per heavy atom. The maximum absolute atomic E-state index is 12.6. The number of aromatic nitrogens is 4. The maximum atomic E-state index is 12.6. The van der Waals surface area contributed by atoms with Crippen LogP contribution in [0.4, 0.5) is 5.69 Å². The first-order chi connectivity index (χ1) is 12.1. The molecule has 0 radical (unpaired) electrons. The molecule has 0 spiro atoms. The molecule has 1 atom stereocenters. The van der Waals surface area contributed by atoms with Crippen LogP contribution in [0.2, 0.25) is 5.28 Å². The molecule has 1 aromatic carbocycles. The molecule has 1 amide bonds. The Labute approximate surface area is 148 Å². The van der Waals surface area contributed by atoms with E-state index in [2.05, 4.69) is 33.4 Å². The summed E-state index contributed by atoms with van der Waals surface area (Å²) in [5.41, 5.74) is 2.84. The van der Waals surface area contributed by atoms with Gasteiger partial charge in [-0.25, -0.2) is 4.98 Å². The second-order valence-electron chi connectivity index (χ2n) is 5.84. The van der Waals surface area contributed by atoms with Crippen LogP contribution in [0, 0.1) is 11.3 Å². The molecular weight excluding hydrogens is 340 g/mol. The normalized spacial score (nSPS) is 15.9. The number of anilines is 1. The van der Waals surface area contributed by atoms with Gasteiger partial charge in [-0.1, -0.05) is 6.92 Å². The summed E-state index contributed by atoms with van der Waals surface area (Å²) >= 11 is 6.07. The molecule has 0 saturated carbocycles. The molecule has 0 aliphatic carbocycles. The summed E-state index contributed by atoms with van der Waals surface area (Å²) in [5, 5.41) is 17.1. The zero-order valence-corrected chi connectivity index (χ0v) is 14.1. The average Bonchev–Trinajstić information content (AvgIpc) is 3.13. The molecule has 7 nitrogen and oxygen atoms in total. The lowest BCUT2D eigenvalue weighted by atomic mass is 9.94. The Balaban J connectivity index is 1.93. The Morgan fingerprint density at radius 3 is 3.00 bits per heavy atom. The van der Waals surface area contributed by atoms with E-state index < -0.39 is 5.92 Å². The summed E-state index contributed by atoms with van der Waals surface area (Å²) in [6.07, 6.45) is 2.76. The van der Waals surface area contributed by atoms with Gasteiger partial charge in [0.25, 0.3) is 0 Å². The van der Waals surface area contributed by atoms with Crippen LogP contribution < -0.4 is 5.32 Å². The highest BCUT2D eigenvalue weighted by Crippen LogP contribution is 2.39. The van der Waals surface area contributed by atoms with Crippen molar-refractivity contribution in [2.75, 3.05) is 5.32 Å².